The van der Waals surface area contributed by atoms with Gasteiger partial charge in [-0.1, -0.05) is 12.1 Å². The van der Waals surface area contributed by atoms with Crippen LogP contribution in [0.3, 0.4) is 0 Å². The molecule has 0 aliphatic carbocycles. The first kappa shape index (κ1) is 14.9. The summed E-state index contributed by atoms with van der Waals surface area (Å²) in [6, 6.07) is 13.3. The molecule has 0 unspecified atom stereocenters. The number of hydrogen-bond acceptors (Lipinski definition) is 6. The van der Waals surface area contributed by atoms with Gasteiger partial charge in [0, 0.05) is 28.9 Å². The summed E-state index contributed by atoms with van der Waals surface area (Å²) in [5.41, 5.74) is 7.33. The maximum Gasteiger partial charge on any atom is 0.203 e. The van der Waals surface area contributed by atoms with Crippen LogP contribution in [0.2, 0.25) is 0 Å². The van der Waals surface area contributed by atoms with Gasteiger partial charge < -0.3 is 0 Å². The Kier molecular flexibility index (Phi) is 4.41. The lowest BCUT2D eigenvalue weighted by molar-refractivity contribution is 1.26. The second-order valence-corrected chi connectivity index (χ2v) is 5.63. The molecule has 5 nitrogen and oxygen atoms in total. The van der Waals surface area contributed by atoms with Crippen LogP contribution in [-0.2, 0) is 0 Å². The van der Waals surface area contributed by atoms with Crippen LogP contribution in [0.25, 0.3) is 11.3 Å². The molecule has 112 valence electrons. The van der Waals surface area contributed by atoms with Gasteiger partial charge in [-0.25, -0.2) is 4.98 Å². The number of aromatic nitrogens is 2. The zero-order valence-electron chi connectivity index (χ0n) is 12.4. The van der Waals surface area contributed by atoms with Gasteiger partial charge in [-0.15, -0.1) is 11.3 Å². The molecule has 6 heteroatoms. The molecule has 3 rings (SSSR count). The van der Waals surface area contributed by atoms with E-state index in [1.807, 2.05) is 36.6 Å². The first-order valence-electron chi connectivity index (χ1n) is 6.93. The van der Waals surface area contributed by atoms with Crippen molar-refractivity contribution >= 4 is 22.2 Å². The Labute approximate surface area is 138 Å². The monoisotopic (exact) mass is 319 g/mol. The predicted octanol–water partition coefficient (Wildman–Crippen LogP) is 3.91. The van der Waals surface area contributed by atoms with Crippen LogP contribution >= 0.6 is 11.3 Å². The molecule has 2 aromatic heterocycles. The van der Waals surface area contributed by atoms with Crippen LogP contribution in [0.4, 0.5) is 5.13 Å². The fraction of sp³-hybridized carbons (Fsp3) is 0.0588. The Balaban J connectivity index is 1.73. The van der Waals surface area contributed by atoms with E-state index in [9.17, 15) is 0 Å². The number of hydrazone groups is 1. The van der Waals surface area contributed by atoms with Crippen molar-refractivity contribution < 1.29 is 0 Å². The second-order valence-electron chi connectivity index (χ2n) is 4.77. The molecule has 0 saturated carbocycles. The number of pyridine rings is 1. The predicted molar refractivity (Wildman–Crippen MR) is 92.3 cm³/mol. The van der Waals surface area contributed by atoms with E-state index >= 15 is 0 Å². The quantitative estimate of drug-likeness (QED) is 0.584. The van der Waals surface area contributed by atoms with Crippen molar-refractivity contribution in [3.05, 3.63) is 65.3 Å². The van der Waals surface area contributed by atoms with Gasteiger partial charge >= 0.3 is 0 Å². The summed E-state index contributed by atoms with van der Waals surface area (Å²) in [6.45, 7) is 1.93. The van der Waals surface area contributed by atoms with E-state index in [0.29, 0.717) is 5.56 Å². The molecule has 0 radical (unpaired) electrons. The summed E-state index contributed by atoms with van der Waals surface area (Å²) in [5, 5.41) is 15.8. The van der Waals surface area contributed by atoms with E-state index in [0.717, 1.165) is 27.7 Å². The molecule has 0 atom stereocenters. The first-order chi connectivity index (χ1) is 11.3. The Morgan fingerprint density at radius 1 is 1.17 bits per heavy atom. The molecular formula is C17H13N5S. The summed E-state index contributed by atoms with van der Waals surface area (Å²) in [5.74, 6) is 0. The molecule has 23 heavy (non-hydrogen) atoms. The van der Waals surface area contributed by atoms with Crippen LogP contribution in [0, 0.1) is 11.3 Å². The van der Waals surface area contributed by atoms with Gasteiger partial charge in [0.15, 0.2) is 0 Å². The number of rotatable bonds is 4. The van der Waals surface area contributed by atoms with E-state index < -0.39 is 0 Å². The highest BCUT2D eigenvalue weighted by molar-refractivity contribution is 7.14. The van der Waals surface area contributed by atoms with Gasteiger partial charge in [-0.3, -0.25) is 10.4 Å². The van der Waals surface area contributed by atoms with Gasteiger partial charge in [0.2, 0.25) is 5.13 Å². The highest BCUT2D eigenvalue weighted by atomic mass is 32.1. The number of thiazole rings is 1. The zero-order chi connectivity index (χ0) is 16.1. The molecule has 2 heterocycles. The molecule has 0 fully saturated rings. The molecular weight excluding hydrogens is 306 g/mol. The third-order valence-corrected chi connectivity index (χ3v) is 3.98. The van der Waals surface area contributed by atoms with E-state index in [4.69, 9.17) is 5.26 Å². The molecule has 0 aliphatic heterocycles. The molecule has 1 aromatic carbocycles. The van der Waals surface area contributed by atoms with Crippen molar-refractivity contribution in [2.24, 2.45) is 5.10 Å². The highest BCUT2D eigenvalue weighted by Gasteiger charge is 2.04. The van der Waals surface area contributed by atoms with Gasteiger partial charge in [-0.2, -0.15) is 10.4 Å². The molecule has 0 saturated heterocycles. The molecule has 0 spiro atoms. The van der Waals surface area contributed by atoms with Crippen LogP contribution < -0.4 is 5.43 Å². The van der Waals surface area contributed by atoms with Crippen molar-refractivity contribution in [3.63, 3.8) is 0 Å². The topological polar surface area (TPSA) is 74.0 Å². The van der Waals surface area contributed by atoms with E-state index in [2.05, 4.69) is 26.6 Å². The lowest BCUT2D eigenvalue weighted by atomic mass is 10.1. The maximum absolute atomic E-state index is 8.83. The normalized spacial score (nSPS) is 11.0. The number of nitriles is 1. The molecule has 0 aliphatic rings. The third-order valence-electron chi connectivity index (χ3n) is 3.23. The van der Waals surface area contributed by atoms with Crippen LogP contribution in [-0.4, -0.2) is 15.7 Å². The SMILES string of the molecule is C/C(=N/Nc1nc(-c2ccc(C#N)cc2)cs1)c1ccncc1. The molecule has 3 aromatic rings. The van der Waals surface area contributed by atoms with Gasteiger partial charge in [0.25, 0.3) is 0 Å². The van der Waals surface area contributed by atoms with Crippen molar-refractivity contribution in [2.75, 3.05) is 5.43 Å². The standard InChI is InChI=1S/C17H13N5S/c1-12(14-6-8-19-9-7-14)21-22-17-20-16(11-23-17)15-4-2-13(10-18)3-5-15/h2-9,11H,1H3,(H,20,22)/b21-12-. The fourth-order valence-electron chi connectivity index (χ4n) is 1.96. The minimum atomic E-state index is 0.639. The van der Waals surface area contributed by atoms with E-state index in [1.54, 1.807) is 24.5 Å². The van der Waals surface area contributed by atoms with E-state index in [-0.39, 0.29) is 0 Å². The van der Waals surface area contributed by atoms with Crippen molar-refractivity contribution in [1.82, 2.24) is 9.97 Å². The van der Waals surface area contributed by atoms with E-state index in [1.165, 1.54) is 11.3 Å². The minimum absolute atomic E-state index is 0.639. The molecule has 1 N–H and O–H groups in total. The highest BCUT2D eigenvalue weighted by Crippen LogP contribution is 2.25. The lowest BCUT2D eigenvalue weighted by Crippen LogP contribution is -1.99. The smallest absolute Gasteiger partial charge is 0.203 e. The third kappa shape index (κ3) is 3.59. The fourth-order valence-corrected chi connectivity index (χ4v) is 2.62. The summed E-state index contributed by atoms with van der Waals surface area (Å²) < 4.78 is 0. The maximum atomic E-state index is 8.83. The van der Waals surface area contributed by atoms with Crippen LogP contribution in [0.1, 0.15) is 18.1 Å². The Bertz CT molecular complexity index is 860. The minimum Gasteiger partial charge on any atom is -0.265 e. The van der Waals surface area contributed by atoms with Crippen molar-refractivity contribution in [3.8, 4) is 17.3 Å². The average molecular weight is 319 g/mol. The van der Waals surface area contributed by atoms with Crippen LogP contribution in [0.15, 0.2) is 59.3 Å². The Hall–Kier alpha value is -3.04. The Morgan fingerprint density at radius 3 is 2.61 bits per heavy atom. The van der Waals surface area contributed by atoms with Crippen LogP contribution in [0.5, 0.6) is 0 Å². The molecule has 0 bridgehead atoms. The lowest BCUT2D eigenvalue weighted by Gasteiger charge is -2.00. The number of anilines is 1. The van der Waals surface area contributed by atoms with Gasteiger partial charge in [0.05, 0.1) is 23.0 Å². The number of benzene rings is 1. The largest absolute Gasteiger partial charge is 0.265 e. The van der Waals surface area contributed by atoms with Gasteiger partial charge in [-0.05, 0) is 31.2 Å². The number of nitrogens with one attached hydrogen (secondary N) is 1. The first-order valence-corrected chi connectivity index (χ1v) is 7.81. The summed E-state index contributed by atoms with van der Waals surface area (Å²) in [7, 11) is 0. The average Bonchev–Trinajstić information content (AvgIpc) is 3.09. The van der Waals surface area contributed by atoms with Crippen molar-refractivity contribution in [2.45, 2.75) is 6.92 Å². The second kappa shape index (κ2) is 6.81. The number of nitrogens with zero attached hydrogens (tertiary/aromatic N) is 4. The number of hydrogen-bond donors (Lipinski definition) is 1. The summed E-state index contributed by atoms with van der Waals surface area (Å²) >= 11 is 1.48. The Morgan fingerprint density at radius 2 is 1.91 bits per heavy atom. The molecule has 0 amide bonds. The van der Waals surface area contributed by atoms with Crippen molar-refractivity contribution in [1.29, 1.82) is 5.26 Å². The summed E-state index contributed by atoms with van der Waals surface area (Å²) in [6.07, 6.45) is 3.47. The summed E-state index contributed by atoms with van der Waals surface area (Å²) in [4.78, 5) is 8.50. The van der Waals surface area contributed by atoms with Gasteiger partial charge in [0.1, 0.15) is 0 Å². The zero-order valence-corrected chi connectivity index (χ0v) is 13.2.